The minimum absolute atomic E-state index is 0. The molecule has 1 saturated heterocycles. The summed E-state index contributed by atoms with van der Waals surface area (Å²) in [6.45, 7) is 4.47. The summed E-state index contributed by atoms with van der Waals surface area (Å²) in [5, 5.41) is 0. The van der Waals surface area contributed by atoms with Crippen molar-refractivity contribution in [3.8, 4) is 0 Å². The van der Waals surface area contributed by atoms with Crippen LogP contribution in [0.15, 0.2) is 0 Å². The second kappa shape index (κ2) is 7.98. The molecule has 1 aliphatic rings. The minimum Gasteiger partial charge on any atom is -0.329 e. The maximum absolute atomic E-state index is 5.37. The number of hydrogen-bond acceptors (Lipinski definition) is 2. The first-order valence-electron chi connectivity index (χ1n) is 3.36. The summed E-state index contributed by atoms with van der Waals surface area (Å²) in [6, 6.07) is 0. The van der Waals surface area contributed by atoms with Crippen LogP contribution in [0.2, 0.25) is 0 Å². The zero-order chi connectivity index (χ0) is 5.82. The Morgan fingerprint density at radius 2 is 1.60 bits per heavy atom. The molecule has 0 saturated carbocycles. The molecule has 2 N–H and O–H groups in total. The largest absolute Gasteiger partial charge is 0.329 e. The average Bonchev–Trinajstić information content (AvgIpc) is 2.19. The highest BCUT2D eigenvalue weighted by Gasteiger charge is 2.08. The maximum Gasteiger partial charge on any atom is 0.0105 e. The number of hydrogen-bond donors (Lipinski definition) is 1. The molecule has 1 rings (SSSR count). The molecular weight excluding hydrogens is 260 g/mol. The summed E-state index contributed by atoms with van der Waals surface area (Å²) < 4.78 is 0. The number of rotatable bonds is 2. The van der Waals surface area contributed by atoms with E-state index in [0.717, 1.165) is 13.1 Å². The molecule has 1 heterocycles. The first-order chi connectivity index (χ1) is 3.93. The molecular formula is C6H16Br2N2. The van der Waals surface area contributed by atoms with Crippen LogP contribution in [0.1, 0.15) is 12.8 Å². The lowest BCUT2D eigenvalue weighted by molar-refractivity contribution is 0.349. The van der Waals surface area contributed by atoms with E-state index in [9.17, 15) is 0 Å². The maximum atomic E-state index is 5.37. The van der Waals surface area contributed by atoms with E-state index in [-0.39, 0.29) is 34.0 Å². The normalized spacial score (nSPS) is 17.7. The van der Waals surface area contributed by atoms with Gasteiger partial charge in [-0.05, 0) is 25.9 Å². The molecule has 0 spiro atoms. The molecule has 0 aromatic carbocycles. The molecule has 1 aliphatic heterocycles. The van der Waals surface area contributed by atoms with Crippen LogP contribution in [0.25, 0.3) is 0 Å². The van der Waals surface area contributed by atoms with E-state index in [2.05, 4.69) is 4.90 Å². The summed E-state index contributed by atoms with van der Waals surface area (Å²) in [6.07, 6.45) is 2.75. The van der Waals surface area contributed by atoms with Crippen LogP contribution in [0, 0.1) is 0 Å². The Morgan fingerprint density at radius 1 is 1.10 bits per heavy atom. The van der Waals surface area contributed by atoms with Crippen molar-refractivity contribution in [1.82, 2.24) is 4.90 Å². The van der Waals surface area contributed by atoms with Gasteiger partial charge in [-0.3, -0.25) is 0 Å². The Labute approximate surface area is 83.7 Å². The van der Waals surface area contributed by atoms with E-state index in [1.54, 1.807) is 0 Å². The average molecular weight is 276 g/mol. The van der Waals surface area contributed by atoms with Gasteiger partial charge in [0.05, 0.1) is 0 Å². The Kier molecular flexibility index (Phi) is 10.7. The molecule has 0 unspecified atom stereocenters. The Bertz CT molecular complexity index is 64.8. The predicted octanol–water partition coefficient (Wildman–Crippen LogP) is 1.20. The van der Waals surface area contributed by atoms with Crippen molar-refractivity contribution in [3.63, 3.8) is 0 Å². The highest BCUT2D eigenvalue weighted by atomic mass is 79.9. The monoisotopic (exact) mass is 274 g/mol. The summed E-state index contributed by atoms with van der Waals surface area (Å²) >= 11 is 0. The van der Waals surface area contributed by atoms with Gasteiger partial charge in [-0.2, -0.15) is 0 Å². The predicted molar refractivity (Wildman–Crippen MR) is 55.4 cm³/mol. The second-order valence-corrected chi connectivity index (χ2v) is 2.34. The topological polar surface area (TPSA) is 29.3 Å². The van der Waals surface area contributed by atoms with E-state index in [0.29, 0.717) is 0 Å². The SMILES string of the molecule is Br.Br.NCCN1CCCC1. The molecule has 0 aliphatic carbocycles. The first-order valence-corrected chi connectivity index (χ1v) is 3.36. The zero-order valence-corrected chi connectivity index (χ0v) is 9.51. The van der Waals surface area contributed by atoms with Gasteiger partial charge in [-0.25, -0.2) is 0 Å². The minimum atomic E-state index is 0. The van der Waals surface area contributed by atoms with E-state index in [1.807, 2.05) is 0 Å². The third-order valence-electron chi connectivity index (χ3n) is 1.64. The molecule has 0 aromatic heterocycles. The van der Waals surface area contributed by atoms with Crippen LogP contribution in [0.4, 0.5) is 0 Å². The fourth-order valence-electron chi connectivity index (χ4n) is 1.19. The molecule has 2 nitrogen and oxygen atoms in total. The standard InChI is InChI=1S/C6H14N2.2BrH/c7-3-6-8-4-1-2-5-8;;/h1-7H2;2*1H. The molecule has 0 bridgehead atoms. The molecule has 0 atom stereocenters. The molecule has 0 amide bonds. The van der Waals surface area contributed by atoms with Crippen molar-refractivity contribution in [2.45, 2.75) is 12.8 Å². The van der Waals surface area contributed by atoms with E-state index < -0.39 is 0 Å². The quantitative estimate of drug-likeness (QED) is 0.821. The lowest BCUT2D eigenvalue weighted by Crippen LogP contribution is -2.26. The van der Waals surface area contributed by atoms with Crippen molar-refractivity contribution in [3.05, 3.63) is 0 Å². The van der Waals surface area contributed by atoms with Gasteiger partial charge in [-0.15, -0.1) is 34.0 Å². The molecule has 64 valence electrons. The number of halogens is 2. The Morgan fingerprint density at radius 3 is 2.00 bits per heavy atom. The molecule has 1 fully saturated rings. The van der Waals surface area contributed by atoms with Gasteiger partial charge in [-0.1, -0.05) is 0 Å². The fraction of sp³-hybridized carbons (Fsp3) is 1.00. The number of nitrogens with two attached hydrogens (primary N) is 1. The van der Waals surface area contributed by atoms with Crippen molar-refractivity contribution in [1.29, 1.82) is 0 Å². The third kappa shape index (κ3) is 4.66. The van der Waals surface area contributed by atoms with Gasteiger partial charge in [0.2, 0.25) is 0 Å². The smallest absolute Gasteiger partial charge is 0.0105 e. The van der Waals surface area contributed by atoms with Gasteiger partial charge in [0.1, 0.15) is 0 Å². The number of nitrogens with zero attached hydrogens (tertiary/aromatic N) is 1. The van der Waals surface area contributed by atoms with Crippen molar-refractivity contribution in [2.75, 3.05) is 26.2 Å². The van der Waals surface area contributed by atoms with Crippen LogP contribution in [-0.2, 0) is 0 Å². The van der Waals surface area contributed by atoms with Gasteiger partial charge in [0.15, 0.2) is 0 Å². The molecule has 0 radical (unpaired) electrons. The van der Waals surface area contributed by atoms with Crippen LogP contribution < -0.4 is 5.73 Å². The third-order valence-corrected chi connectivity index (χ3v) is 1.64. The lowest BCUT2D eigenvalue weighted by atomic mass is 10.4. The van der Waals surface area contributed by atoms with E-state index in [1.165, 1.54) is 25.9 Å². The first kappa shape index (κ1) is 13.5. The highest BCUT2D eigenvalue weighted by molar-refractivity contribution is 8.93. The van der Waals surface area contributed by atoms with Crippen LogP contribution in [-0.4, -0.2) is 31.1 Å². The summed E-state index contributed by atoms with van der Waals surface area (Å²) in [5.41, 5.74) is 5.37. The van der Waals surface area contributed by atoms with E-state index in [4.69, 9.17) is 5.73 Å². The Balaban J connectivity index is 0. The van der Waals surface area contributed by atoms with Crippen LogP contribution in [0.3, 0.4) is 0 Å². The number of likely N-dealkylation sites (tertiary alicyclic amines) is 1. The van der Waals surface area contributed by atoms with Gasteiger partial charge in [0, 0.05) is 13.1 Å². The fourth-order valence-corrected chi connectivity index (χ4v) is 1.19. The highest BCUT2D eigenvalue weighted by Crippen LogP contribution is 2.04. The van der Waals surface area contributed by atoms with Crippen molar-refractivity contribution in [2.24, 2.45) is 5.73 Å². The summed E-state index contributed by atoms with van der Waals surface area (Å²) in [4.78, 5) is 2.42. The molecule has 4 heteroatoms. The van der Waals surface area contributed by atoms with Gasteiger partial charge in [0.25, 0.3) is 0 Å². The van der Waals surface area contributed by atoms with Gasteiger partial charge < -0.3 is 10.6 Å². The molecule has 0 aromatic rings. The summed E-state index contributed by atoms with van der Waals surface area (Å²) in [7, 11) is 0. The lowest BCUT2D eigenvalue weighted by Gasteiger charge is -2.11. The Hall–Kier alpha value is 0.880. The van der Waals surface area contributed by atoms with Crippen molar-refractivity contribution < 1.29 is 0 Å². The zero-order valence-electron chi connectivity index (χ0n) is 6.08. The van der Waals surface area contributed by atoms with Crippen molar-refractivity contribution >= 4 is 34.0 Å². The van der Waals surface area contributed by atoms with E-state index >= 15 is 0 Å². The second-order valence-electron chi connectivity index (χ2n) is 2.34. The summed E-state index contributed by atoms with van der Waals surface area (Å²) in [5.74, 6) is 0. The van der Waals surface area contributed by atoms with Crippen LogP contribution >= 0.6 is 34.0 Å². The van der Waals surface area contributed by atoms with Gasteiger partial charge >= 0.3 is 0 Å². The molecule has 10 heavy (non-hydrogen) atoms. The van der Waals surface area contributed by atoms with Crippen LogP contribution in [0.5, 0.6) is 0 Å².